The molecule has 0 spiro atoms. The Kier molecular flexibility index (Phi) is 11.6. The van der Waals surface area contributed by atoms with Crippen LogP contribution in [0.15, 0.2) is 55.1 Å². The molecule has 0 unspecified atom stereocenters. The van der Waals surface area contributed by atoms with E-state index in [0.29, 0.717) is 6.54 Å². The molecule has 2 atom stereocenters. The molecule has 2 aromatic rings. The Bertz CT molecular complexity index is 1120. The van der Waals surface area contributed by atoms with Gasteiger partial charge < -0.3 is 25.4 Å². The molecule has 39 heavy (non-hydrogen) atoms. The number of nitrogens with one attached hydrogen (secondary N) is 2. The number of rotatable bonds is 12. The van der Waals surface area contributed by atoms with Gasteiger partial charge in [-0.15, -0.1) is 6.58 Å². The highest BCUT2D eigenvalue weighted by Crippen LogP contribution is 2.23. The van der Waals surface area contributed by atoms with Crippen molar-refractivity contribution in [1.82, 2.24) is 15.5 Å². The first-order valence-corrected chi connectivity index (χ1v) is 13.3. The molecule has 0 aliphatic carbocycles. The van der Waals surface area contributed by atoms with E-state index in [9.17, 15) is 19.5 Å². The first kappa shape index (κ1) is 31.4. The quantitative estimate of drug-likeness (QED) is 0.271. The average molecular weight is 538 g/mol. The summed E-state index contributed by atoms with van der Waals surface area (Å²) >= 11 is 0. The number of hydrogen-bond donors (Lipinski definition) is 3. The Morgan fingerprint density at radius 3 is 2.28 bits per heavy atom. The van der Waals surface area contributed by atoms with Crippen LogP contribution < -0.4 is 10.6 Å². The van der Waals surface area contributed by atoms with Crippen molar-refractivity contribution in [3.05, 3.63) is 77.4 Å². The van der Waals surface area contributed by atoms with Gasteiger partial charge in [0.1, 0.15) is 23.4 Å². The number of carbonyl (C=O) groups excluding carboxylic acids is 3. The van der Waals surface area contributed by atoms with Gasteiger partial charge in [-0.2, -0.15) is 0 Å². The maximum atomic E-state index is 13.9. The van der Waals surface area contributed by atoms with Crippen LogP contribution in [0.5, 0.6) is 5.75 Å². The lowest BCUT2D eigenvalue weighted by Gasteiger charge is -2.32. The number of aryl methyl sites for hydroxylation is 3. The molecule has 0 aliphatic rings. The minimum atomic E-state index is -1.00. The van der Waals surface area contributed by atoms with Crippen LogP contribution in [-0.4, -0.2) is 58.7 Å². The zero-order valence-corrected chi connectivity index (χ0v) is 24.0. The molecule has 0 aromatic heterocycles. The average Bonchev–Trinajstić information content (AvgIpc) is 2.85. The molecule has 2 aromatic carbocycles. The van der Waals surface area contributed by atoms with Gasteiger partial charge in [-0.3, -0.25) is 9.59 Å². The van der Waals surface area contributed by atoms with Crippen molar-refractivity contribution in [3.8, 4) is 5.75 Å². The molecule has 0 saturated carbocycles. The Morgan fingerprint density at radius 2 is 1.72 bits per heavy atom. The van der Waals surface area contributed by atoms with E-state index in [0.717, 1.165) is 29.5 Å². The van der Waals surface area contributed by atoms with Gasteiger partial charge in [0.15, 0.2) is 0 Å². The Morgan fingerprint density at radius 1 is 1.10 bits per heavy atom. The second-order valence-electron chi connectivity index (χ2n) is 10.8. The molecule has 0 bridgehead atoms. The molecule has 2 rings (SSSR count). The highest BCUT2D eigenvalue weighted by atomic mass is 16.6. The molecule has 3 amide bonds. The summed E-state index contributed by atoms with van der Waals surface area (Å²) in [7, 11) is 0. The van der Waals surface area contributed by atoms with Gasteiger partial charge in [0.25, 0.3) is 0 Å². The molecule has 212 valence electrons. The molecule has 0 aliphatic heterocycles. The number of phenolic OH excluding ortho intramolecular Hbond substituents is 1. The van der Waals surface area contributed by atoms with Crippen molar-refractivity contribution in [1.29, 1.82) is 0 Å². The number of aromatic hydroxyl groups is 1. The summed E-state index contributed by atoms with van der Waals surface area (Å²) in [6, 6.07) is 11.5. The van der Waals surface area contributed by atoms with Crippen LogP contribution in [0.2, 0.25) is 0 Å². The summed E-state index contributed by atoms with van der Waals surface area (Å²) < 4.78 is 5.43. The van der Waals surface area contributed by atoms with E-state index in [4.69, 9.17) is 4.74 Å². The normalized spacial score (nSPS) is 12.7. The monoisotopic (exact) mass is 537 g/mol. The van der Waals surface area contributed by atoms with Crippen LogP contribution >= 0.6 is 0 Å². The molecule has 0 fully saturated rings. The van der Waals surface area contributed by atoms with Gasteiger partial charge in [0.2, 0.25) is 11.8 Å². The second-order valence-corrected chi connectivity index (χ2v) is 10.8. The topological polar surface area (TPSA) is 108 Å². The Balaban J connectivity index is 2.20. The zero-order valence-electron chi connectivity index (χ0n) is 24.0. The predicted octanol–water partition coefficient (Wildman–Crippen LogP) is 4.60. The van der Waals surface area contributed by atoms with Gasteiger partial charge >= 0.3 is 6.09 Å². The van der Waals surface area contributed by atoms with E-state index in [2.05, 4.69) is 17.2 Å². The minimum Gasteiger partial charge on any atom is -0.508 e. The van der Waals surface area contributed by atoms with E-state index in [1.807, 2.05) is 44.2 Å². The summed E-state index contributed by atoms with van der Waals surface area (Å²) in [5, 5.41) is 15.6. The van der Waals surface area contributed by atoms with Gasteiger partial charge in [0, 0.05) is 19.5 Å². The third kappa shape index (κ3) is 10.1. The standard InChI is InChI=1S/C31H43N3O5/c1-8-17-34(23(4)28(36)32-16-12-15-24-13-10-9-11-14-24)29(37)27(33-30(38)39-31(5,6)7)20-26-21(2)18-25(35)19-22(26)3/h8-11,13-14,18-19,23,27,35H,1,12,15-17,20H2,2-7H3,(H,32,36)(H,33,38)/t23-,27+/m1/s1. The predicted molar refractivity (Wildman–Crippen MR) is 154 cm³/mol. The fraction of sp³-hybridized carbons (Fsp3) is 0.452. The van der Waals surface area contributed by atoms with Crippen molar-refractivity contribution in [2.24, 2.45) is 0 Å². The molecule has 8 heteroatoms. The molecular formula is C31H43N3O5. The molecule has 3 N–H and O–H groups in total. The van der Waals surface area contributed by atoms with Crippen molar-refractivity contribution < 1.29 is 24.2 Å². The molecule has 0 saturated heterocycles. The maximum Gasteiger partial charge on any atom is 0.408 e. The molecule has 0 radical (unpaired) electrons. The number of amides is 3. The zero-order chi connectivity index (χ0) is 29.2. The van der Waals surface area contributed by atoms with Crippen molar-refractivity contribution in [2.45, 2.75) is 78.5 Å². The van der Waals surface area contributed by atoms with Crippen molar-refractivity contribution in [3.63, 3.8) is 0 Å². The Labute approximate surface area is 232 Å². The summed E-state index contributed by atoms with van der Waals surface area (Å²) in [6.45, 7) is 14.9. The summed E-state index contributed by atoms with van der Waals surface area (Å²) in [5.74, 6) is -0.589. The van der Waals surface area contributed by atoms with Crippen LogP contribution in [-0.2, 0) is 27.2 Å². The number of phenols is 1. The number of carbonyl (C=O) groups is 3. The molecular weight excluding hydrogens is 494 g/mol. The van der Waals surface area contributed by atoms with E-state index in [1.165, 1.54) is 10.5 Å². The lowest BCUT2D eigenvalue weighted by molar-refractivity contribution is -0.140. The highest BCUT2D eigenvalue weighted by molar-refractivity contribution is 5.91. The second kappa shape index (κ2) is 14.4. The first-order chi connectivity index (χ1) is 18.3. The van der Waals surface area contributed by atoms with Crippen LogP contribution in [0.4, 0.5) is 4.79 Å². The molecule has 0 heterocycles. The minimum absolute atomic E-state index is 0.122. The van der Waals surface area contributed by atoms with Gasteiger partial charge in [-0.25, -0.2) is 4.79 Å². The fourth-order valence-electron chi connectivity index (χ4n) is 4.36. The summed E-state index contributed by atoms with van der Waals surface area (Å²) in [5.41, 5.74) is 2.83. The third-order valence-corrected chi connectivity index (χ3v) is 6.32. The van der Waals surface area contributed by atoms with Gasteiger partial charge in [-0.05, 0) is 88.8 Å². The fourth-order valence-corrected chi connectivity index (χ4v) is 4.36. The summed E-state index contributed by atoms with van der Waals surface area (Å²) in [4.78, 5) is 41.0. The third-order valence-electron chi connectivity index (χ3n) is 6.32. The van der Waals surface area contributed by atoms with Crippen molar-refractivity contribution >= 4 is 17.9 Å². The number of ether oxygens (including phenoxy) is 1. The smallest absolute Gasteiger partial charge is 0.408 e. The van der Waals surface area contributed by atoms with Crippen LogP contribution in [0.25, 0.3) is 0 Å². The SMILES string of the molecule is C=CCN(C(=O)[C@H](Cc1c(C)cc(O)cc1C)NC(=O)OC(C)(C)C)[C@H](C)C(=O)NCCCc1ccccc1. The van der Waals surface area contributed by atoms with E-state index >= 15 is 0 Å². The van der Waals surface area contributed by atoms with Gasteiger partial charge in [-0.1, -0.05) is 36.4 Å². The van der Waals surface area contributed by atoms with Crippen LogP contribution in [0.1, 0.15) is 56.4 Å². The first-order valence-electron chi connectivity index (χ1n) is 13.3. The van der Waals surface area contributed by atoms with Gasteiger partial charge in [0.05, 0.1) is 0 Å². The largest absolute Gasteiger partial charge is 0.508 e. The van der Waals surface area contributed by atoms with Crippen molar-refractivity contribution in [2.75, 3.05) is 13.1 Å². The summed E-state index contributed by atoms with van der Waals surface area (Å²) in [6.07, 6.45) is 2.58. The number of hydrogen-bond acceptors (Lipinski definition) is 5. The lowest BCUT2D eigenvalue weighted by Crippen LogP contribution is -2.56. The number of alkyl carbamates (subject to hydrolysis) is 1. The van der Waals surface area contributed by atoms with E-state index < -0.39 is 29.7 Å². The van der Waals surface area contributed by atoms with E-state index in [-0.39, 0.29) is 24.6 Å². The lowest BCUT2D eigenvalue weighted by atomic mass is 9.95. The highest BCUT2D eigenvalue weighted by Gasteiger charge is 2.33. The van der Waals surface area contributed by atoms with Crippen LogP contribution in [0, 0.1) is 13.8 Å². The maximum absolute atomic E-state index is 13.9. The molecule has 8 nitrogen and oxygen atoms in total. The van der Waals surface area contributed by atoms with Crippen LogP contribution in [0.3, 0.4) is 0 Å². The number of nitrogens with zero attached hydrogens (tertiary/aromatic N) is 1. The Hall–Kier alpha value is -3.81. The number of benzene rings is 2. The van der Waals surface area contributed by atoms with E-state index in [1.54, 1.807) is 45.9 Å².